The summed E-state index contributed by atoms with van der Waals surface area (Å²) in [6.07, 6.45) is 2.15. The maximum Gasteiger partial charge on any atom is 0.348 e. The van der Waals surface area contributed by atoms with Crippen molar-refractivity contribution in [2.75, 3.05) is 32.2 Å². The molecule has 0 saturated carbocycles. The number of pyridine rings is 1. The van der Waals surface area contributed by atoms with Crippen molar-refractivity contribution < 1.29 is 28.1 Å². The van der Waals surface area contributed by atoms with E-state index in [1.807, 2.05) is 6.92 Å². The van der Waals surface area contributed by atoms with Crippen molar-refractivity contribution in [1.29, 1.82) is 0 Å². The standard InChI is InChI=1S/C21H33Cl2FN2O5/c1-5-7-9-28-11-13(3)18(21(27)30-14(4)12-29-10-8-6-2)31-20-16(23)17(25)15(22)19(24)26-20/h13-14,18H,5-12H2,1-4H3,(H2,25,26). The van der Waals surface area contributed by atoms with Gasteiger partial charge in [0.25, 0.3) is 0 Å². The number of anilines is 1. The Bertz CT molecular complexity index is 696. The smallest absolute Gasteiger partial charge is 0.348 e. The van der Waals surface area contributed by atoms with E-state index in [-0.39, 0.29) is 29.8 Å². The maximum atomic E-state index is 14.0. The number of rotatable bonds is 15. The zero-order chi connectivity index (χ0) is 23.4. The fraction of sp³-hybridized carbons (Fsp3) is 0.714. The molecule has 0 aliphatic rings. The molecule has 0 spiro atoms. The van der Waals surface area contributed by atoms with Gasteiger partial charge in [0, 0.05) is 19.1 Å². The van der Waals surface area contributed by atoms with Gasteiger partial charge in [-0.3, -0.25) is 0 Å². The van der Waals surface area contributed by atoms with Gasteiger partial charge in [-0.1, -0.05) is 56.8 Å². The van der Waals surface area contributed by atoms with Crippen molar-refractivity contribution in [1.82, 2.24) is 4.98 Å². The van der Waals surface area contributed by atoms with Gasteiger partial charge in [-0.25, -0.2) is 4.79 Å². The Morgan fingerprint density at radius 2 is 1.65 bits per heavy atom. The zero-order valence-electron chi connectivity index (χ0n) is 18.6. The molecule has 0 bridgehead atoms. The van der Waals surface area contributed by atoms with Crippen LogP contribution >= 0.6 is 23.2 Å². The lowest BCUT2D eigenvalue weighted by Crippen LogP contribution is -2.40. The Labute approximate surface area is 193 Å². The van der Waals surface area contributed by atoms with E-state index in [1.54, 1.807) is 13.8 Å². The molecule has 1 heterocycles. The van der Waals surface area contributed by atoms with Crippen LogP contribution in [0.25, 0.3) is 0 Å². The highest BCUT2D eigenvalue weighted by Crippen LogP contribution is 2.36. The van der Waals surface area contributed by atoms with Crippen LogP contribution in [-0.2, 0) is 19.0 Å². The summed E-state index contributed by atoms with van der Waals surface area (Å²) in [5, 5.41) is -0.593. The first-order chi connectivity index (χ1) is 14.7. The van der Waals surface area contributed by atoms with Crippen LogP contribution in [0.5, 0.6) is 5.88 Å². The topological polar surface area (TPSA) is 92.9 Å². The van der Waals surface area contributed by atoms with Crippen LogP contribution in [0.2, 0.25) is 10.0 Å². The van der Waals surface area contributed by atoms with Gasteiger partial charge >= 0.3 is 5.97 Å². The van der Waals surface area contributed by atoms with Crippen LogP contribution in [-0.4, -0.2) is 49.6 Å². The Morgan fingerprint density at radius 1 is 1.06 bits per heavy atom. The third kappa shape index (κ3) is 9.35. The molecule has 10 heteroatoms. The predicted octanol–water partition coefficient (Wildman–Crippen LogP) is 5.06. The van der Waals surface area contributed by atoms with Crippen molar-refractivity contribution in [3.05, 3.63) is 16.0 Å². The summed E-state index contributed by atoms with van der Waals surface area (Å²) >= 11 is 11.8. The molecule has 0 aromatic carbocycles. The minimum atomic E-state index is -1.15. The third-order valence-electron chi connectivity index (χ3n) is 4.36. The van der Waals surface area contributed by atoms with E-state index in [9.17, 15) is 9.18 Å². The van der Waals surface area contributed by atoms with Crippen LogP contribution in [0.1, 0.15) is 53.4 Å². The van der Waals surface area contributed by atoms with Crippen molar-refractivity contribution >= 4 is 34.9 Å². The molecule has 2 N–H and O–H groups in total. The van der Waals surface area contributed by atoms with E-state index in [1.165, 1.54) is 0 Å². The molecule has 0 aliphatic heterocycles. The number of nitrogens with zero attached hydrogens (tertiary/aromatic N) is 1. The number of ether oxygens (including phenoxy) is 4. The van der Waals surface area contributed by atoms with Crippen molar-refractivity contribution in [3.8, 4) is 5.88 Å². The van der Waals surface area contributed by atoms with E-state index in [4.69, 9.17) is 47.9 Å². The SMILES string of the molecule is CCCCOCC(C)OC(=O)C(Oc1nc(F)c(Cl)c(N)c1Cl)C(C)COCCCC. The van der Waals surface area contributed by atoms with Gasteiger partial charge in [0.1, 0.15) is 16.1 Å². The van der Waals surface area contributed by atoms with Crippen molar-refractivity contribution in [2.45, 2.75) is 65.6 Å². The summed E-state index contributed by atoms with van der Waals surface area (Å²) in [6, 6.07) is 0. The second-order valence-corrected chi connectivity index (χ2v) is 8.13. The van der Waals surface area contributed by atoms with Gasteiger partial charge in [0.05, 0.1) is 18.9 Å². The average Bonchev–Trinajstić information content (AvgIpc) is 2.74. The highest BCUT2D eigenvalue weighted by molar-refractivity contribution is 6.39. The Hall–Kier alpha value is -1.35. The summed E-state index contributed by atoms with van der Waals surface area (Å²) in [4.78, 5) is 16.4. The second kappa shape index (κ2) is 14.7. The summed E-state index contributed by atoms with van der Waals surface area (Å²) < 4.78 is 36.2. The summed E-state index contributed by atoms with van der Waals surface area (Å²) in [7, 11) is 0. The summed E-state index contributed by atoms with van der Waals surface area (Å²) in [6.45, 7) is 9.19. The minimum Gasteiger partial charge on any atom is -0.461 e. The first kappa shape index (κ1) is 27.7. The molecular weight excluding hydrogens is 450 g/mol. The number of aromatic nitrogens is 1. The molecule has 178 valence electrons. The van der Waals surface area contributed by atoms with Gasteiger partial charge in [0.15, 0.2) is 0 Å². The molecule has 0 amide bonds. The minimum absolute atomic E-state index is 0.181. The van der Waals surface area contributed by atoms with Crippen LogP contribution in [0.4, 0.5) is 10.1 Å². The van der Waals surface area contributed by atoms with Gasteiger partial charge in [-0.2, -0.15) is 9.37 Å². The number of nitrogens with two attached hydrogens (primary N) is 1. The molecule has 0 saturated heterocycles. The fourth-order valence-electron chi connectivity index (χ4n) is 2.50. The Balaban J connectivity index is 2.92. The van der Waals surface area contributed by atoms with Gasteiger partial charge < -0.3 is 24.7 Å². The highest BCUT2D eigenvalue weighted by atomic mass is 35.5. The molecule has 0 radical (unpaired) electrons. The largest absolute Gasteiger partial charge is 0.461 e. The molecule has 1 aromatic heterocycles. The number of unbranched alkanes of at least 4 members (excludes halogenated alkanes) is 2. The van der Waals surface area contributed by atoms with Gasteiger partial charge in [0.2, 0.25) is 17.9 Å². The number of esters is 1. The van der Waals surface area contributed by atoms with Crippen LogP contribution < -0.4 is 10.5 Å². The Morgan fingerprint density at radius 3 is 2.23 bits per heavy atom. The van der Waals surface area contributed by atoms with Crippen LogP contribution in [0, 0.1) is 11.9 Å². The number of nitrogen functional groups attached to an aromatic ring is 1. The number of hydrogen-bond acceptors (Lipinski definition) is 7. The lowest BCUT2D eigenvalue weighted by molar-refractivity contribution is -0.163. The molecule has 1 aromatic rings. The average molecular weight is 483 g/mol. The van der Waals surface area contributed by atoms with Crippen LogP contribution in [0.3, 0.4) is 0 Å². The number of carbonyl (C=O) groups is 1. The third-order valence-corrected chi connectivity index (χ3v) is 5.09. The molecular formula is C21H33Cl2FN2O5. The van der Waals surface area contributed by atoms with E-state index < -0.39 is 35.1 Å². The maximum absolute atomic E-state index is 14.0. The molecule has 3 unspecified atom stereocenters. The van der Waals surface area contributed by atoms with E-state index >= 15 is 0 Å². The summed E-state index contributed by atoms with van der Waals surface area (Å²) in [5.74, 6) is -2.48. The first-order valence-corrected chi connectivity index (χ1v) is 11.3. The first-order valence-electron chi connectivity index (χ1n) is 10.5. The lowest BCUT2D eigenvalue weighted by atomic mass is 10.1. The fourth-order valence-corrected chi connectivity index (χ4v) is 2.87. The molecule has 1 rings (SSSR count). The highest BCUT2D eigenvalue weighted by Gasteiger charge is 2.32. The molecule has 3 atom stereocenters. The van der Waals surface area contributed by atoms with Gasteiger partial charge in [-0.05, 0) is 19.8 Å². The van der Waals surface area contributed by atoms with Crippen molar-refractivity contribution in [2.24, 2.45) is 5.92 Å². The molecule has 0 fully saturated rings. The zero-order valence-corrected chi connectivity index (χ0v) is 20.1. The molecule has 7 nitrogen and oxygen atoms in total. The Kier molecular flexibility index (Phi) is 13.1. The monoisotopic (exact) mass is 482 g/mol. The normalized spacial score (nSPS) is 14.2. The van der Waals surface area contributed by atoms with E-state index in [0.29, 0.717) is 13.2 Å². The number of halogens is 3. The lowest BCUT2D eigenvalue weighted by Gasteiger charge is -2.25. The molecule has 0 aliphatic carbocycles. The number of hydrogen-bond donors (Lipinski definition) is 1. The quantitative estimate of drug-likeness (QED) is 0.212. The summed E-state index contributed by atoms with van der Waals surface area (Å²) in [5.41, 5.74) is 5.48. The van der Waals surface area contributed by atoms with Gasteiger partial charge in [-0.15, -0.1) is 0 Å². The number of carbonyl (C=O) groups excluding carboxylic acids is 1. The second-order valence-electron chi connectivity index (χ2n) is 7.37. The van der Waals surface area contributed by atoms with Crippen molar-refractivity contribution in [3.63, 3.8) is 0 Å². The van der Waals surface area contributed by atoms with Crippen LogP contribution in [0.15, 0.2) is 0 Å². The molecule has 31 heavy (non-hydrogen) atoms. The van der Waals surface area contributed by atoms with E-state index in [2.05, 4.69) is 11.9 Å². The predicted molar refractivity (Wildman–Crippen MR) is 119 cm³/mol. The van der Waals surface area contributed by atoms with E-state index in [0.717, 1.165) is 25.7 Å².